The van der Waals surface area contributed by atoms with Gasteiger partial charge in [-0.25, -0.2) is 4.39 Å². The minimum atomic E-state index is -0.244. The molecule has 1 unspecified atom stereocenters. The molecule has 1 N–H and O–H groups in total. The Kier molecular flexibility index (Phi) is 5.57. The molecule has 0 fully saturated rings. The molecule has 0 aliphatic heterocycles. The maximum Gasteiger partial charge on any atom is 0.123 e. The predicted octanol–water partition coefficient (Wildman–Crippen LogP) is 4.76. The summed E-state index contributed by atoms with van der Waals surface area (Å²) < 4.78 is 13.4. The van der Waals surface area contributed by atoms with E-state index in [0.29, 0.717) is 11.4 Å². The first-order valence-electron chi connectivity index (χ1n) is 6.93. The highest BCUT2D eigenvalue weighted by atomic mass is 35.5. The van der Waals surface area contributed by atoms with Gasteiger partial charge in [0.05, 0.1) is 0 Å². The highest BCUT2D eigenvalue weighted by molar-refractivity contribution is 6.31. The second-order valence-corrected chi connectivity index (χ2v) is 5.26. The normalized spacial score (nSPS) is 12.3. The van der Waals surface area contributed by atoms with Crippen molar-refractivity contribution in [2.75, 3.05) is 6.54 Å². The molecule has 0 heterocycles. The summed E-state index contributed by atoms with van der Waals surface area (Å²) in [6, 6.07) is 14.9. The van der Waals surface area contributed by atoms with Gasteiger partial charge in [0.15, 0.2) is 0 Å². The minimum Gasteiger partial charge on any atom is -0.310 e. The first-order chi connectivity index (χ1) is 9.70. The van der Waals surface area contributed by atoms with E-state index in [9.17, 15) is 4.39 Å². The molecule has 0 aliphatic rings. The molecule has 0 aliphatic carbocycles. The van der Waals surface area contributed by atoms with Crippen LogP contribution < -0.4 is 5.32 Å². The monoisotopic (exact) mass is 291 g/mol. The fraction of sp³-hybridized carbons (Fsp3) is 0.294. The zero-order chi connectivity index (χ0) is 14.4. The summed E-state index contributed by atoms with van der Waals surface area (Å²) in [7, 11) is 0. The Morgan fingerprint density at radius 3 is 2.60 bits per heavy atom. The van der Waals surface area contributed by atoms with Crippen LogP contribution in [-0.4, -0.2) is 6.54 Å². The smallest absolute Gasteiger partial charge is 0.123 e. The summed E-state index contributed by atoms with van der Waals surface area (Å²) in [6.45, 7) is 3.05. The van der Waals surface area contributed by atoms with Gasteiger partial charge in [-0.3, -0.25) is 0 Å². The maximum absolute atomic E-state index is 13.4. The summed E-state index contributed by atoms with van der Waals surface area (Å²) in [4.78, 5) is 0. The SMILES string of the molecule is CCCNC(Cc1cc(F)ccc1Cl)c1ccccc1. The average Bonchev–Trinajstić information content (AvgIpc) is 2.48. The van der Waals surface area contributed by atoms with E-state index >= 15 is 0 Å². The number of hydrogen-bond donors (Lipinski definition) is 1. The molecule has 3 heteroatoms. The van der Waals surface area contributed by atoms with E-state index in [1.165, 1.54) is 17.7 Å². The van der Waals surface area contributed by atoms with Crippen LogP contribution in [0.25, 0.3) is 0 Å². The summed E-state index contributed by atoms with van der Waals surface area (Å²) >= 11 is 6.17. The third kappa shape index (κ3) is 4.06. The maximum atomic E-state index is 13.4. The van der Waals surface area contributed by atoms with E-state index < -0.39 is 0 Å². The summed E-state index contributed by atoms with van der Waals surface area (Å²) in [6.07, 6.45) is 1.74. The van der Waals surface area contributed by atoms with Gasteiger partial charge < -0.3 is 5.32 Å². The fourth-order valence-electron chi connectivity index (χ4n) is 2.23. The van der Waals surface area contributed by atoms with Crippen LogP contribution in [0.1, 0.15) is 30.5 Å². The molecule has 106 valence electrons. The predicted molar refractivity (Wildman–Crippen MR) is 82.6 cm³/mol. The lowest BCUT2D eigenvalue weighted by Gasteiger charge is -2.20. The van der Waals surface area contributed by atoms with Crippen LogP contribution >= 0.6 is 11.6 Å². The molecule has 0 radical (unpaired) electrons. The fourth-order valence-corrected chi connectivity index (χ4v) is 2.43. The van der Waals surface area contributed by atoms with Crippen molar-refractivity contribution >= 4 is 11.6 Å². The molecular weight excluding hydrogens is 273 g/mol. The van der Waals surface area contributed by atoms with Crippen molar-refractivity contribution in [3.8, 4) is 0 Å². The van der Waals surface area contributed by atoms with Crippen LogP contribution in [-0.2, 0) is 6.42 Å². The molecule has 0 spiro atoms. The Labute approximate surface area is 124 Å². The van der Waals surface area contributed by atoms with Gasteiger partial charge in [0.1, 0.15) is 5.82 Å². The average molecular weight is 292 g/mol. The summed E-state index contributed by atoms with van der Waals surface area (Å²) in [5.41, 5.74) is 2.03. The number of benzene rings is 2. The van der Waals surface area contributed by atoms with Crippen LogP contribution in [0.4, 0.5) is 4.39 Å². The number of rotatable bonds is 6. The Bertz CT molecular complexity index is 542. The summed E-state index contributed by atoms with van der Waals surface area (Å²) in [5, 5.41) is 4.12. The van der Waals surface area contributed by atoms with Crippen molar-refractivity contribution in [2.24, 2.45) is 0 Å². The highest BCUT2D eigenvalue weighted by Gasteiger charge is 2.13. The van der Waals surface area contributed by atoms with E-state index in [-0.39, 0.29) is 11.9 Å². The Balaban J connectivity index is 2.21. The van der Waals surface area contributed by atoms with Crippen LogP contribution in [0.15, 0.2) is 48.5 Å². The van der Waals surface area contributed by atoms with Crippen molar-refractivity contribution in [3.63, 3.8) is 0 Å². The Morgan fingerprint density at radius 1 is 1.15 bits per heavy atom. The molecule has 20 heavy (non-hydrogen) atoms. The zero-order valence-electron chi connectivity index (χ0n) is 11.6. The van der Waals surface area contributed by atoms with Crippen LogP contribution in [0.2, 0.25) is 5.02 Å². The van der Waals surface area contributed by atoms with Crippen molar-refractivity contribution in [1.29, 1.82) is 0 Å². The molecule has 0 saturated carbocycles. The van der Waals surface area contributed by atoms with Gasteiger partial charge in [0, 0.05) is 11.1 Å². The van der Waals surface area contributed by atoms with Crippen LogP contribution in [0, 0.1) is 5.82 Å². The highest BCUT2D eigenvalue weighted by Crippen LogP contribution is 2.24. The van der Waals surface area contributed by atoms with Gasteiger partial charge in [-0.05, 0) is 48.7 Å². The lowest BCUT2D eigenvalue weighted by atomic mass is 9.98. The second-order valence-electron chi connectivity index (χ2n) is 4.86. The van der Waals surface area contributed by atoms with Gasteiger partial charge in [-0.1, -0.05) is 48.9 Å². The quantitative estimate of drug-likeness (QED) is 0.809. The van der Waals surface area contributed by atoms with E-state index in [0.717, 1.165) is 18.5 Å². The number of nitrogens with one attached hydrogen (secondary N) is 1. The van der Waals surface area contributed by atoms with Crippen molar-refractivity contribution in [3.05, 3.63) is 70.5 Å². The molecule has 1 atom stereocenters. The van der Waals surface area contributed by atoms with Gasteiger partial charge in [0.25, 0.3) is 0 Å². The third-order valence-corrected chi connectivity index (χ3v) is 3.64. The molecule has 2 aromatic carbocycles. The third-order valence-electron chi connectivity index (χ3n) is 3.27. The van der Waals surface area contributed by atoms with Crippen molar-refractivity contribution < 1.29 is 4.39 Å². The Hall–Kier alpha value is -1.38. The lowest BCUT2D eigenvalue weighted by molar-refractivity contribution is 0.527. The van der Waals surface area contributed by atoms with E-state index in [1.807, 2.05) is 18.2 Å². The molecular formula is C17H19ClFN. The van der Waals surface area contributed by atoms with Gasteiger partial charge in [-0.2, -0.15) is 0 Å². The van der Waals surface area contributed by atoms with Crippen LogP contribution in [0.5, 0.6) is 0 Å². The molecule has 0 amide bonds. The second kappa shape index (κ2) is 7.41. The summed E-state index contributed by atoms with van der Waals surface area (Å²) in [5.74, 6) is -0.244. The van der Waals surface area contributed by atoms with Gasteiger partial charge in [-0.15, -0.1) is 0 Å². The van der Waals surface area contributed by atoms with Crippen molar-refractivity contribution in [1.82, 2.24) is 5.32 Å². The standard InChI is InChI=1S/C17H19ClFN/c1-2-10-20-17(13-6-4-3-5-7-13)12-14-11-15(19)8-9-16(14)18/h3-9,11,17,20H,2,10,12H2,1H3. The van der Waals surface area contributed by atoms with E-state index in [4.69, 9.17) is 11.6 Å². The largest absolute Gasteiger partial charge is 0.310 e. The topological polar surface area (TPSA) is 12.0 Å². The lowest BCUT2D eigenvalue weighted by Crippen LogP contribution is -2.24. The minimum absolute atomic E-state index is 0.149. The van der Waals surface area contributed by atoms with Gasteiger partial charge >= 0.3 is 0 Å². The molecule has 0 bridgehead atoms. The molecule has 1 nitrogen and oxygen atoms in total. The zero-order valence-corrected chi connectivity index (χ0v) is 12.3. The number of hydrogen-bond acceptors (Lipinski definition) is 1. The number of halogens is 2. The molecule has 2 aromatic rings. The van der Waals surface area contributed by atoms with Crippen molar-refractivity contribution in [2.45, 2.75) is 25.8 Å². The molecule has 0 aromatic heterocycles. The van der Waals surface area contributed by atoms with E-state index in [2.05, 4.69) is 24.4 Å². The molecule has 2 rings (SSSR count). The Morgan fingerprint density at radius 2 is 1.90 bits per heavy atom. The first-order valence-corrected chi connectivity index (χ1v) is 7.30. The van der Waals surface area contributed by atoms with Gasteiger partial charge in [0.2, 0.25) is 0 Å². The molecule has 0 saturated heterocycles. The van der Waals surface area contributed by atoms with E-state index in [1.54, 1.807) is 6.07 Å². The van der Waals surface area contributed by atoms with Crippen LogP contribution in [0.3, 0.4) is 0 Å². The first kappa shape index (κ1) is 15.0.